The molecule has 2 rings (SSSR count). The molecule has 1 amide bonds. The zero-order valence-electron chi connectivity index (χ0n) is 14.6. The van der Waals surface area contributed by atoms with Gasteiger partial charge in [-0.2, -0.15) is 4.98 Å². The van der Waals surface area contributed by atoms with Crippen LogP contribution in [0.2, 0.25) is 5.02 Å². The van der Waals surface area contributed by atoms with Crippen molar-refractivity contribution in [3.63, 3.8) is 0 Å². The normalized spacial score (nSPS) is 11.9. The van der Waals surface area contributed by atoms with Gasteiger partial charge in [0.05, 0.1) is 0 Å². The number of amides is 1. The fourth-order valence-electron chi connectivity index (χ4n) is 2.40. The van der Waals surface area contributed by atoms with Crippen molar-refractivity contribution >= 4 is 23.5 Å². The molecule has 2 N–H and O–H groups in total. The number of rotatable bonds is 10. The van der Waals surface area contributed by atoms with Crippen molar-refractivity contribution in [3.8, 4) is 11.4 Å². The number of hydrogen-bond donors (Lipinski definition) is 2. The van der Waals surface area contributed by atoms with Gasteiger partial charge in [-0.25, -0.2) is 4.79 Å². The number of carbonyl (C=O) groups excluding carboxylic acids is 1. The molecule has 1 atom stereocenters. The summed E-state index contributed by atoms with van der Waals surface area (Å²) in [7, 11) is 0. The van der Waals surface area contributed by atoms with Crippen LogP contribution < -0.4 is 5.32 Å². The molecule has 0 spiro atoms. The molecule has 0 saturated carbocycles. The predicted octanol–water partition coefficient (Wildman–Crippen LogP) is 3.47. The van der Waals surface area contributed by atoms with E-state index in [1.807, 2.05) is 6.92 Å². The second kappa shape index (κ2) is 9.91. The molecular weight excluding hydrogens is 358 g/mol. The number of nitrogens with zero attached hydrogens (tertiary/aromatic N) is 2. The molecule has 0 saturated heterocycles. The predicted molar refractivity (Wildman–Crippen MR) is 96.8 cm³/mol. The Labute approximate surface area is 156 Å². The summed E-state index contributed by atoms with van der Waals surface area (Å²) in [6.07, 6.45) is 3.22. The van der Waals surface area contributed by atoms with Gasteiger partial charge in [-0.05, 0) is 37.1 Å². The Bertz CT molecular complexity index is 730. The highest BCUT2D eigenvalue weighted by Gasteiger charge is 2.19. The summed E-state index contributed by atoms with van der Waals surface area (Å²) < 4.78 is 5.18. The van der Waals surface area contributed by atoms with Crippen molar-refractivity contribution in [1.29, 1.82) is 0 Å². The van der Waals surface area contributed by atoms with E-state index in [0.29, 0.717) is 36.0 Å². The van der Waals surface area contributed by atoms with Gasteiger partial charge in [0.15, 0.2) is 0 Å². The number of carbonyl (C=O) groups is 2. The molecule has 0 bridgehead atoms. The highest BCUT2D eigenvalue weighted by molar-refractivity contribution is 6.30. The van der Waals surface area contributed by atoms with Crippen LogP contribution in [0.1, 0.15) is 44.9 Å². The molecule has 1 heterocycles. The standard InChI is InChI=1S/C18H22ClN3O4/c1-2-3-5-14(18(24)25)20-15(23)6-4-7-16-21-17(22-26-16)12-8-10-13(19)11-9-12/h8-11,14H,2-7H2,1H3,(H,20,23)(H,24,25)/t14-/m0/s1. The van der Waals surface area contributed by atoms with E-state index in [2.05, 4.69) is 15.5 Å². The van der Waals surface area contributed by atoms with E-state index in [9.17, 15) is 9.59 Å². The van der Waals surface area contributed by atoms with Crippen LogP contribution in [0.3, 0.4) is 0 Å². The zero-order valence-corrected chi connectivity index (χ0v) is 15.3. The molecule has 8 heteroatoms. The van der Waals surface area contributed by atoms with Gasteiger partial charge in [0.2, 0.25) is 17.6 Å². The van der Waals surface area contributed by atoms with E-state index in [0.717, 1.165) is 18.4 Å². The van der Waals surface area contributed by atoms with Crippen molar-refractivity contribution in [1.82, 2.24) is 15.5 Å². The minimum absolute atomic E-state index is 0.203. The van der Waals surface area contributed by atoms with E-state index >= 15 is 0 Å². The van der Waals surface area contributed by atoms with E-state index in [1.54, 1.807) is 24.3 Å². The molecule has 1 aromatic heterocycles. The summed E-state index contributed by atoms with van der Waals surface area (Å²) in [6.45, 7) is 1.98. The molecule has 0 aliphatic heterocycles. The van der Waals surface area contributed by atoms with Crippen LogP contribution in [0.5, 0.6) is 0 Å². The zero-order chi connectivity index (χ0) is 18.9. The third-order valence-corrected chi connectivity index (χ3v) is 4.10. The average molecular weight is 380 g/mol. The highest BCUT2D eigenvalue weighted by Crippen LogP contribution is 2.19. The Hall–Kier alpha value is -2.41. The molecule has 2 aromatic rings. The Morgan fingerprint density at radius 1 is 1.27 bits per heavy atom. The SMILES string of the molecule is CCCC[C@H](NC(=O)CCCc1nc(-c2ccc(Cl)cc2)no1)C(=O)O. The van der Waals surface area contributed by atoms with Crippen LogP contribution >= 0.6 is 11.6 Å². The van der Waals surface area contributed by atoms with Gasteiger partial charge in [-0.3, -0.25) is 4.79 Å². The van der Waals surface area contributed by atoms with Gasteiger partial charge < -0.3 is 14.9 Å². The highest BCUT2D eigenvalue weighted by atomic mass is 35.5. The van der Waals surface area contributed by atoms with Crippen molar-refractivity contribution in [2.75, 3.05) is 0 Å². The Morgan fingerprint density at radius 2 is 2.00 bits per heavy atom. The number of aliphatic carboxylic acids is 1. The largest absolute Gasteiger partial charge is 0.480 e. The molecule has 7 nitrogen and oxygen atoms in total. The first-order chi connectivity index (χ1) is 12.5. The lowest BCUT2D eigenvalue weighted by Crippen LogP contribution is -2.40. The number of benzene rings is 1. The number of carboxylic acid groups (broad SMARTS) is 1. The molecule has 140 valence electrons. The van der Waals surface area contributed by atoms with E-state index in [1.165, 1.54) is 0 Å². The van der Waals surface area contributed by atoms with Gasteiger partial charge in [-0.1, -0.05) is 36.5 Å². The molecule has 0 fully saturated rings. The van der Waals surface area contributed by atoms with Gasteiger partial charge in [0, 0.05) is 23.4 Å². The third kappa shape index (κ3) is 6.15. The van der Waals surface area contributed by atoms with Crippen molar-refractivity contribution < 1.29 is 19.2 Å². The monoisotopic (exact) mass is 379 g/mol. The lowest BCUT2D eigenvalue weighted by molar-refractivity contribution is -0.142. The topological polar surface area (TPSA) is 105 Å². The summed E-state index contributed by atoms with van der Waals surface area (Å²) in [5.74, 6) is -0.391. The Kier molecular flexibility index (Phi) is 7.59. The summed E-state index contributed by atoms with van der Waals surface area (Å²) in [5, 5.41) is 16.2. The molecule has 1 aromatic carbocycles. The maximum atomic E-state index is 11.9. The minimum Gasteiger partial charge on any atom is -0.480 e. The fourth-order valence-corrected chi connectivity index (χ4v) is 2.53. The number of halogens is 1. The average Bonchev–Trinajstić information content (AvgIpc) is 3.08. The molecule has 0 aliphatic carbocycles. The first-order valence-corrected chi connectivity index (χ1v) is 8.98. The number of nitrogens with one attached hydrogen (secondary N) is 1. The number of carboxylic acids is 1. The second-order valence-electron chi connectivity index (χ2n) is 5.97. The van der Waals surface area contributed by atoms with Crippen molar-refractivity contribution in [3.05, 3.63) is 35.2 Å². The summed E-state index contributed by atoms with van der Waals surface area (Å²) >= 11 is 5.85. The van der Waals surface area contributed by atoms with Gasteiger partial charge in [0.25, 0.3) is 0 Å². The molecule has 0 unspecified atom stereocenters. The quantitative estimate of drug-likeness (QED) is 0.654. The lowest BCUT2D eigenvalue weighted by Gasteiger charge is -2.13. The van der Waals surface area contributed by atoms with Crippen LogP contribution in [0, 0.1) is 0 Å². The van der Waals surface area contributed by atoms with E-state index in [4.69, 9.17) is 21.2 Å². The number of aromatic nitrogens is 2. The first kappa shape index (κ1) is 19.9. The molecule has 26 heavy (non-hydrogen) atoms. The molecule has 0 radical (unpaired) electrons. The third-order valence-electron chi connectivity index (χ3n) is 3.84. The Balaban J connectivity index is 1.79. The number of hydrogen-bond acceptors (Lipinski definition) is 5. The van der Waals surface area contributed by atoms with Crippen LogP contribution in [-0.4, -0.2) is 33.2 Å². The lowest BCUT2D eigenvalue weighted by atomic mass is 10.1. The van der Waals surface area contributed by atoms with Gasteiger partial charge >= 0.3 is 5.97 Å². The maximum absolute atomic E-state index is 11.9. The smallest absolute Gasteiger partial charge is 0.326 e. The summed E-state index contributed by atoms with van der Waals surface area (Å²) in [4.78, 5) is 27.3. The first-order valence-electron chi connectivity index (χ1n) is 8.60. The second-order valence-corrected chi connectivity index (χ2v) is 6.41. The van der Waals surface area contributed by atoms with Gasteiger partial charge in [-0.15, -0.1) is 0 Å². The molecule has 0 aliphatic rings. The van der Waals surface area contributed by atoms with Gasteiger partial charge in [0.1, 0.15) is 6.04 Å². The number of aryl methyl sites for hydroxylation is 1. The van der Waals surface area contributed by atoms with Crippen LogP contribution in [0.25, 0.3) is 11.4 Å². The maximum Gasteiger partial charge on any atom is 0.326 e. The van der Waals surface area contributed by atoms with Crippen LogP contribution in [-0.2, 0) is 16.0 Å². The summed E-state index contributed by atoms with van der Waals surface area (Å²) in [5.41, 5.74) is 0.794. The van der Waals surface area contributed by atoms with Crippen molar-refractivity contribution in [2.45, 2.75) is 51.5 Å². The van der Waals surface area contributed by atoms with Crippen LogP contribution in [0.4, 0.5) is 0 Å². The van der Waals surface area contributed by atoms with Crippen LogP contribution in [0.15, 0.2) is 28.8 Å². The number of unbranched alkanes of at least 4 members (excludes halogenated alkanes) is 1. The minimum atomic E-state index is -1.00. The Morgan fingerprint density at radius 3 is 2.65 bits per heavy atom. The van der Waals surface area contributed by atoms with E-state index in [-0.39, 0.29) is 12.3 Å². The fraction of sp³-hybridized carbons (Fsp3) is 0.444. The molecular formula is C18H22ClN3O4. The van der Waals surface area contributed by atoms with Crippen molar-refractivity contribution in [2.24, 2.45) is 0 Å². The van der Waals surface area contributed by atoms with E-state index < -0.39 is 12.0 Å². The summed E-state index contributed by atoms with van der Waals surface area (Å²) in [6, 6.07) is 6.26.